The van der Waals surface area contributed by atoms with E-state index >= 15 is 0 Å². The van der Waals surface area contributed by atoms with E-state index in [2.05, 4.69) is 58.2 Å². The van der Waals surface area contributed by atoms with Gasteiger partial charge < -0.3 is 9.47 Å². The molecule has 2 N–H and O–H groups in total. The molecule has 4 amide bonds. The number of amides is 4. The Balaban J connectivity index is 1.97. The first-order valence-corrected chi connectivity index (χ1v) is 9.28. The fourth-order valence-electron chi connectivity index (χ4n) is 3.49. The van der Waals surface area contributed by atoms with Crippen LogP contribution in [-0.4, -0.2) is 35.5 Å². The van der Waals surface area contributed by atoms with Crippen LogP contribution in [0.2, 0.25) is 0 Å². The van der Waals surface area contributed by atoms with E-state index in [1.807, 2.05) is 19.9 Å². The normalized spacial score (nSPS) is 14.0. The van der Waals surface area contributed by atoms with Gasteiger partial charge in [0.25, 0.3) is 11.8 Å². The molecule has 1 aliphatic heterocycles. The fraction of sp³-hybridized carbons (Fsp3) is 0.286. The molecule has 0 spiro atoms. The van der Waals surface area contributed by atoms with Crippen molar-refractivity contribution in [1.82, 2.24) is 15.2 Å². The predicted molar refractivity (Wildman–Crippen MR) is 108 cm³/mol. The Hall–Kier alpha value is -3.35. The summed E-state index contributed by atoms with van der Waals surface area (Å²) in [7, 11) is 0. The van der Waals surface area contributed by atoms with Crippen molar-refractivity contribution in [1.29, 1.82) is 0 Å². The number of hydrogen-bond donors (Lipinski definition) is 2. The highest BCUT2D eigenvalue weighted by Gasteiger charge is 2.28. The summed E-state index contributed by atoms with van der Waals surface area (Å²) in [6, 6.07) is 9.41. The van der Waals surface area contributed by atoms with Gasteiger partial charge in [-0.2, -0.15) is 0 Å². The van der Waals surface area contributed by atoms with Crippen molar-refractivity contribution >= 4 is 29.6 Å². The lowest BCUT2D eigenvalue weighted by atomic mass is 10.1. The van der Waals surface area contributed by atoms with E-state index in [4.69, 9.17) is 0 Å². The van der Waals surface area contributed by atoms with Gasteiger partial charge in [-0.25, -0.2) is 4.79 Å². The Morgan fingerprint density at radius 3 is 2.07 bits per heavy atom. The summed E-state index contributed by atoms with van der Waals surface area (Å²) in [5.41, 5.74) is 4.71. The van der Waals surface area contributed by atoms with Crippen LogP contribution in [0.5, 0.6) is 0 Å². The van der Waals surface area contributed by atoms with Crippen LogP contribution in [0, 0.1) is 13.8 Å². The molecule has 1 aromatic carbocycles. The van der Waals surface area contributed by atoms with Crippen molar-refractivity contribution in [3.05, 3.63) is 52.9 Å². The predicted octanol–water partition coefficient (Wildman–Crippen LogP) is 2.69. The first-order chi connectivity index (χ1) is 13.3. The summed E-state index contributed by atoms with van der Waals surface area (Å²) >= 11 is 0. The molecule has 28 heavy (non-hydrogen) atoms. The molecule has 7 nitrogen and oxygen atoms in total. The van der Waals surface area contributed by atoms with E-state index in [1.165, 1.54) is 11.8 Å². The summed E-state index contributed by atoms with van der Waals surface area (Å²) in [5.74, 6) is -1.38. The number of nitrogens with one attached hydrogen (secondary N) is 2. The standard InChI is InChI=1S/C21H24N4O3/c1-5-24(6-2)16-7-9-17(10-8-16)25-13(3)11-15(14(25)4)12-18-19(26)22-21(28)23-20(18)27/h7-12H,5-6H2,1-4H3,(H2,22,23,26,27,28). The lowest BCUT2D eigenvalue weighted by molar-refractivity contribution is -0.123. The third kappa shape index (κ3) is 3.55. The molecular formula is C21H24N4O3. The van der Waals surface area contributed by atoms with Gasteiger partial charge in [-0.15, -0.1) is 0 Å². The molecule has 7 heteroatoms. The number of aromatic nitrogens is 1. The molecule has 0 radical (unpaired) electrons. The van der Waals surface area contributed by atoms with Gasteiger partial charge >= 0.3 is 6.03 Å². The van der Waals surface area contributed by atoms with Crippen LogP contribution < -0.4 is 15.5 Å². The molecule has 0 atom stereocenters. The first-order valence-electron chi connectivity index (χ1n) is 9.28. The Kier molecular flexibility index (Phi) is 5.35. The van der Waals surface area contributed by atoms with Gasteiger partial charge in [0.2, 0.25) is 0 Å². The minimum Gasteiger partial charge on any atom is -0.372 e. The number of hydrogen-bond acceptors (Lipinski definition) is 4. The van der Waals surface area contributed by atoms with Gasteiger partial charge in [0.1, 0.15) is 5.57 Å². The zero-order valence-electron chi connectivity index (χ0n) is 16.5. The summed E-state index contributed by atoms with van der Waals surface area (Å²) < 4.78 is 2.07. The third-order valence-corrected chi connectivity index (χ3v) is 4.95. The number of urea groups is 1. The van der Waals surface area contributed by atoms with E-state index in [0.29, 0.717) is 0 Å². The average Bonchev–Trinajstić information content (AvgIpc) is 2.93. The molecule has 0 saturated carbocycles. The van der Waals surface area contributed by atoms with E-state index in [0.717, 1.165) is 35.7 Å². The molecule has 1 aliphatic rings. The lowest BCUT2D eigenvalue weighted by Gasteiger charge is -2.21. The van der Waals surface area contributed by atoms with Gasteiger partial charge in [0.05, 0.1) is 0 Å². The summed E-state index contributed by atoms with van der Waals surface area (Å²) in [5, 5.41) is 4.18. The third-order valence-electron chi connectivity index (χ3n) is 4.95. The van der Waals surface area contributed by atoms with Crippen LogP contribution in [0.3, 0.4) is 0 Å². The fourth-order valence-corrected chi connectivity index (χ4v) is 3.49. The quantitative estimate of drug-likeness (QED) is 0.617. The van der Waals surface area contributed by atoms with Crippen molar-refractivity contribution in [3.8, 4) is 5.69 Å². The largest absolute Gasteiger partial charge is 0.372 e. The van der Waals surface area contributed by atoms with E-state index in [1.54, 1.807) is 0 Å². The van der Waals surface area contributed by atoms with Crippen LogP contribution in [0.1, 0.15) is 30.8 Å². The molecule has 2 heterocycles. The highest BCUT2D eigenvalue weighted by atomic mass is 16.2. The lowest BCUT2D eigenvalue weighted by Crippen LogP contribution is -2.51. The Morgan fingerprint density at radius 1 is 0.964 bits per heavy atom. The maximum atomic E-state index is 12.0. The van der Waals surface area contributed by atoms with Crippen LogP contribution >= 0.6 is 0 Å². The Morgan fingerprint density at radius 2 is 1.54 bits per heavy atom. The highest BCUT2D eigenvalue weighted by Crippen LogP contribution is 2.25. The van der Waals surface area contributed by atoms with Crippen molar-refractivity contribution < 1.29 is 14.4 Å². The smallest absolute Gasteiger partial charge is 0.328 e. The maximum Gasteiger partial charge on any atom is 0.328 e. The Bertz CT molecular complexity index is 944. The monoisotopic (exact) mass is 380 g/mol. The molecule has 3 rings (SSSR count). The number of nitrogens with zero attached hydrogens (tertiary/aromatic N) is 2. The second kappa shape index (κ2) is 7.72. The summed E-state index contributed by atoms with van der Waals surface area (Å²) in [6.45, 7) is 10.0. The molecular weight excluding hydrogens is 356 g/mol. The number of imide groups is 2. The number of benzene rings is 1. The van der Waals surface area contributed by atoms with E-state index < -0.39 is 17.8 Å². The molecule has 1 aromatic heterocycles. The van der Waals surface area contributed by atoms with Gasteiger partial charge in [0, 0.05) is 35.9 Å². The molecule has 1 saturated heterocycles. The molecule has 146 valence electrons. The van der Waals surface area contributed by atoms with Gasteiger partial charge in [-0.1, -0.05) is 0 Å². The number of barbiturate groups is 1. The van der Waals surface area contributed by atoms with E-state index in [-0.39, 0.29) is 5.57 Å². The highest BCUT2D eigenvalue weighted by molar-refractivity contribution is 6.31. The van der Waals surface area contributed by atoms with Crippen LogP contribution in [0.4, 0.5) is 10.5 Å². The number of anilines is 1. The van der Waals surface area contributed by atoms with Crippen molar-refractivity contribution in [2.75, 3.05) is 18.0 Å². The minimum atomic E-state index is -0.800. The van der Waals surface area contributed by atoms with Crippen molar-refractivity contribution in [2.45, 2.75) is 27.7 Å². The van der Waals surface area contributed by atoms with Crippen LogP contribution in [-0.2, 0) is 9.59 Å². The molecule has 0 aliphatic carbocycles. The van der Waals surface area contributed by atoms with Crippen molar-refractivity contribution in [3.63, 3.8) is 0 Å². The molecule has 0 bridgehead atoms. The van der Waals surface area contributed by atoms with Gasteiger partial charge in [0.15, 0.2) is 0 Å². The van der Waals surface area contributed by atoms with Gasteiger partial charge in [-0.05, 0) is 69.7 Å². The number of carbonyl (C=O) groups excluding carboxylic acids is 3. The summed E-state index contributed by atoms with van der Waals surface area (Å²) in [6.07, 6.45) is 1.51. The maximum absolute atomic E-state index is 12.0. The van der Waals surface area contributed by atoms with Crippen LogP contribution in [0.25, 0.3) is 11.8 Å². The second-order valence-electron chi connectivity index (χ2n) is 6.65. The molecule has 2 aromatic rings. The number of carbonyl (C=O) groups is 3. The Labute approximate surface area is 164 Å². The molecule has 0 unspecified atom stereocenters. The minimum absolute atomic E-state index is 0.0864. The van der Waals surface area contributed by atoms with Gasteiger partial charge in [-0.3, -0.25) is 20.2 Å². The second-order valence-corrected chi connectivity index (χ2v) is 6.65. The zero-order valence-corrected chi connectivity index (χ0v) is 16.5. The number of aryl methyl sites for hydroxylation is 1. The van der Waals surface area contributed by atoms with Crippen molar-refractivity contribution in [2.24, 2.45) is 0 Å². The zero-order chi connectivity index (χ0) is 20.4. The first kappa shape index (κ1) is 19.4. The molecule has 1 fully saturated rings. The van der Waals surface area contributed by atoms with E-state index in [9.17, 15) is 14.4 Å². The van der Waals surface area contributed by atoms with Crippen LogP contribution in [0.15, 0.2) is 35.9 Å². The summed E-state index contributed by atoms with van der Waals surface area (Å²) in [4.78, 5) is 37.4. The SMILES string of the molecule is CCN(CC)c1ccc(-n2c(C)cc(C=C3C(=O)NC(=O)NC3=O)c2C)cc1. The number of rotatable bonds is 5. The topological polar surface area (TPSA) is 83.4 Å². The average molecular weight is 380 g/mol.